The monoisotopic (exact) mass is 209 g/mol. The Morgan fingerprint density at radius 1 is 1.40 bits per heavy atom. The Hall–Kier alpha value is -0.300. The molecule has 1 fully saturated rings. The summed E-state index contributed by atoms with van der Waals surface area (Å²) in [7, 11) is 0. The molecule has 1 N–H and O–H groups in total. The minimum atomic E-state index is 0.543. The molecule has 1 atom stereocenters. The lowest BCUT2D eigenvalue weighted by molar-refractivity contribution is 0.173. The lowest BCUT2D eigenvalue weighted by Gasteiger charge is -2.37. The molecule has 0 aromatic rings. The predicted molar refractivity (Wildman–Crippen MR) is 68.0 cm³/mol. The number of nitrogens with one attached hydrogen (secondary N) is 1. The summed E-state index contributed by atoms with van der Waals surface area (Å²) in [6.07, 6.45) is 8.79. The summed E-state index contributed by atoms with van der Waals surface area (Å²) in [6, 6.07) is 0.543. The lowest BCUT2D eigenvalue weighted by atomic mass is 9.71. The fraction of sp³-hybridized carbons (Fsp3) is 0.857. The van der Waals surface area contributed by atoms with Gasteiger partial charge in [0.1, 0.15) is 0 Å². The third-order valence-electron chi connectivity index (χ3n) is 3.78. The molecule has 0 bridgehead atoms. The predicted octanol–water partition coefficient (Wildman–Crippen LogP) is 3.76. The second-order valence-corrected chi connectivity index (χ2v) is 5.72. The van der Waals surface area contributed by atoms with Crippen LogP contribution in [-0.2, 0) is 0 Å². The van der Waals surface area contributed by atoms with Gasteiger partial charge in [0.2, 0.25) is 0 Å². The van der Waals surface area contributed by atoms with Crippen LogP contribution >= 0.6 is 0 Å². The van der Waals surface area contributed by atoms with Crippen LogP contribution in [-0.4, -0.2) is 12.6 Å². The van der Waals surface area contributed by atoms with E-state index in [1.807, 2.05) is 0 Å². The molecule has 0 aromatic carbocycles. The number of hydrogen-bond donors (Lipinski definition) is 1. The van der Waals surface area contributed by atoms with Crippen molar-refractivity contribution in [3.8, 4) is 0 Å². The van der Waals surface area contributed by atoms with Gasteiger partial charge in [0.15, 0.2) is 0 Å². The molecule has 1 aliphatic carbocycles. The molecule has 1 saturated carbocycles. The van der Waals surface area contributed by atoms with Gasteiger partial charge < -0.3 is 5.32 Å². The van der Waals surface area contributed by atoms with Crippen molar-refractivity contribution in [2.45, 2.75) is 58.9 Å². The highest BCUT2D eigenvalue weighted by Gasteiger charge is 2.29. The molecule has 0 aromatic heterocycles. The zero-order chi connectivity index (χ0) is 11.3. The Labute approximate surface area is 95.3 Å². The summed E-state index contributed by atoms with van der Waals surface area (Å²) in [6.45, 7) is 12.1. The van der Waals surface area contributed by atoms with Gasteiger partial charge in [-0.15, -0.1) is 6.58 Å². The van der Waals surface area contributed by atoms with Crippen molar-refractivity contribution in [3.63, 3.8) is 0 Å². The highest BCUT2D eigenvalue weighted by atomic mass is 14.9. The fourth-order valence-electron chi connectivity index (χ4n) is 2.53. The first-order valence-electron chi connectivity index (χ1n) is 6.45. The highest BCUT2D eigenvalue weighted by molar-refractivity contribution is 4.94. The fourth-order valence-corrected chi connectivity index (χ4v) is 2.53. The molecule has 0 saturated heterocycles. The molecule has 1 rings (SSSR count). The van der Waals surface area contributed by atoms with Crippen molar-refractivity contribution in [1.82, 2.24) is 5.32 Å². The van der Waals surface area contributed by atoms with Crippen molar-refractivity contribution in [1.29, 1.82) is 0 Å². The smallest absolute Gasteiger partial charge is 0.0275 e. The molecular formula is C14H27N. The summed E-state index contributed by atoms with van der Waals surface area (Å²) in [4.78, 5) is 0. The van der Waals surface area contributed by atoms with E-state index in [9.17, 15) is 0 Å². The maximum atomic E-state index is 3.96. The standard InChI is InChI=1S/C14H27N/c1-5-11-15-13(6-2)12-7-9-14(3,4)10-8-12/h6,12-13,15H,2,5,7-11H2,1,3-4H3. The van der Waals surface area contributed by atoms with Gasteiger partial charge in [-0.3, -0.25) is 0 Å². The zero-order valence-electron chi connectivity index (χ0n) is 10.7. The summed E-state index contributed by atoms with van der Waals surface area (Å²) >= 11 is 0. The normalized spacial score (nSPS) is 23.7. The van der Waals surface area contributed by atoms with E-state index >= 15 is 0 Å². The first-order valence-corrected chi connectivity index (χ1v) is 6.45. The molecule has 1 aliphatic rings. The number of hydrogen-bond acceptors (Lipinski definition) is 1. The van der Waals surface area contributed by atoms with E-state index in [4.69, 9.17) is 0 Å². The van der Waals surface area contributed by atoms with Gasteiger partial charge >= 0.3 is 0 Å². The van der Waals surface area contributed by atoms with Crippen LogP contribution in [0.1, 0.15) is 52.9 Å². The van der Waals surface area contributed by atoms with E-state index < -0.39 is 0 Å². The third kappa shape index (κ3) is 3.98. The summed E-state index contributed by atoms with van der Waals surface area (Å²) in [5.74, 6) is 0.821. The highest BCUT2D eigenvalue weighted by Crippen LogP contribution is 2.39. The molecule has 0 heterocycles. The molecule has 15 heavy (non-hydrogen) atoms. The van der Waals surface area contributed by atoms with Crippen LogP contribution in [0.15, 0.2) is 12.7 Å². The van der Waals surface area contributed by atoms with Crippen LogP contribution in [0.25, 0.3) is 0 Å². The van der Waals surface area contributed by atoms with Crippen LogP contribution in [0.2, 0.25) is 0 Å². The van der Waals surface area contributed by atoms with Crippen molar-refractivity contribution in [2.24, 2.45) is 11.3 Å². The Balaban J connectivity index is 2.39. The molecular weight excluding hydrogens is 182 g/mol. The van der Waals surface area contributed by atoms with Gasteiger partial charge in [0.25, 0.3) is 0 Å². The first-order chi connectivity index (χ1) is 7.09. The van der Waals surface area contributed by atoms with Gasteiger partial charge in [-0.1, -0.05) is 26.8 Å². The van der Waals surface area contributed by atoms with E-state index in [0.29, 0.717) is 11.5 Å². The maximum Gasteiger partial charge on any atom is 0.0275 e. The molecule has 0 spiro atoms. The number of rotatable bonds is 5. The lowest BCUT2D eigenvalue weighted by Crippen LogP contribution is -2.38. The van der Waals surface area contributed by atoms with Gasteiger partial charge in [-0.25, -0.2) is 0 Å². The summed E-state index contributed by atoms with van der Waals surface area (Å²) in [5, 5.41) is 3.60. The SMILES string of the molecule is C=CC(NCCC)C1CCC(C)(C)CC1. The van der Waals surface area contributed by atoms with Crippen molar-refractivity contribution < 1.29 is 0 Å². The van der Waals surface area contributed by atoms with E-state index in [1.54, 1.807) is 0 Å². The summed E-state index contributed by atoms with van der Waals surface area (Å²) < 4.78 is 0. The minimum absolute atomic E-state index is 0.543. The molecule has 1 heteroatoms. The van der Waals surface area contributed by atoms with E-state index in [1.165, 1.54) is 32.1 Å². The molecule has 88 valence electrons. The summed E-state index contributed by atoms with van der Waals surface area (Å²) in [5.41, 5.74) is 0.576. The molecule has 1 unspecified atom stereocenters. The minimum Gasteiger partial charge on any atom is -0.310 e. The van der Waals surface area contributed by atoms with Crippen LogP contribution in [0.5, 0.6) is 0 Å². The molecule has 1 nitrogen and oxygen atoms in total. The first kappa shape index (κ1) is 12.8. The topological polar surface area (TPSA) is 12.0 Å². The second-order valence-electron chi connectivity index (χ2n) is 5.72. The van der Waals surface area contributed by atoms with Crippen LogP contribution in [0.4, 0.5) is 0 Å². The van der Waals surface area contributed by atoms with Crippen LogP contribution in [0.3, 0.4) is 0 Å². The average Bonchev–Trinajstić information content (AvgIpc) is 2.21. The Bertz CT molecular complexity index is 186. The van der Waals surface area contributed by atoms with E-state index in [2.05, 4.69) is 38.7 Å². The molecule has 0 radical (unpaired) electrons. The van der Waals surface area contributed by atoms with Crippen LogP contribution in [0, 0.1) is 11.3 Å². The Kier molecular flexibility index (Phi) is 4.85. The van der Waals surface area contributed by atoms with Crippen molar-refractivity contribution in [2.75, 3.05) is 6.54 Å². The van der Waals surface area contributed by atoms with Gasteiger partial charge in [-0.2, -0.15) is 0 Å². The zero-order valence-corrected chi connectivity index (χ0v) is 10.7. The van der Waals surface area contributed by atoms with E-state index in [0.717, 1.165) is 12.5 Å². The van der Waals surface area contributed by atoms with Gasteiger partial charge in [0, 0.05) is 6.04 Å². The van der Waals surface area contributed by atoms with Gasteiger partial charge in [-0.05, 0) is 50.0 Å². The average molecular weight is 209 g/mol. The Morgan fingerprint density at radius 2 is 2.00 bits per heavy atom. The molecule has 0 aliphatic heterocycles. The van der Waals surface area contributed by atoms with Crippen molar-refractivity contribution in [3.05, 3.63) is 12.7 Å². The Morgan fingerprint density at radius 3 is 2.47 bits per heavy atom. The molecule has 0 amide bonds. The van der Waals surface area contributed by atoms with E-state index in [-0.39, 0.29) is 0 Å². The quantitative estimate of drug-likeness (QED) is 0.680. The largest absolute Gasteiger partial charge is 0.310 e. The van der Waals surface area contributed by atoms with Crippen molar-refractivity contribution >= 4 is 0 Å². The second kappa shape index (κ2) is 5.69. The van der Waals surface area contributed by atoms with Crippen LogP contribution < -0.4 is 5.32 Å². The van der Waals surface area contributed by atoms with Gasteiger partial charge in [0.05, 0.1) is 0 Å². The maximum absolute atomic E-state index is 3.96. The third-order valence-corrected chi connectivity index (χ3v) is 3.78.